The van der Waals surface area contributed by atoms with Gasteiger partial charge in [0.15, 0.2) is 4.34 Å². The summed E-state index contributed by atoms with van der Waals surface area (Å²) in [5.41, 5.74) is 1.04. The Labute approximate surface area is 133 Å². The first-order valence-electron chi connectivity index (χ1n) is 7.59. The molecule has 1 unspecified atom stereocenters. The summed E-state index contributed by atoms with van der Waals surface area (Å²) in [5, 5.41) is 10.0. The minimum atomic E-state index is -0.413. The summed E-state index contributed by atoms with van der Waals surface area (Å²) < 4.78 is 8.03. The van der Waals surface area contributed by atoms with Crippen LogP contribution in [0, 0.1) is 0 Å². The van der Waals surface area contributed by atoms with Crippen LogP contribution < -0.4 is 0 Å². The van der Waals surface area contributed by atoms with Crippen LogP contribution in [0.5, 0.6) is 0 Å². The van der Waals surface area contributed by atoms with Gasteiger partial charge < -0.3 is 9.84 Å². The Balaban J connectivity index is 1.43. The number of rotatable bonds is 6. The predicted molar refractivity (Wildman–Crippen MR) is 89.2 cm³/mol. The molecule has 3 nitrogen and oxygen atoms in total. The predicted octanol–water partition coefficient (Wildman–Crippen LogP) is 4.10. The van der Waals surface area contributed by atoms with Gasteiger partial charge in [-0.3, -0.25) is 0 Å². The molecule has 0 amide bonds. The van der Waals surface area contributed by atoms with Crippen molar-refractivity contribution in [3.63, 3.8) is 0 Å². The molecular formula is C16H21NO2S2. The van der Waals surface area contributed by atoms with Crippen LogP contribution in [0.2, 0.25) is 0 Å². The van der Waals surface area contributed by atoms with Crippen LogP contribution in [0.15, 0.2) is 28.6 Å². The maximum Gasteiger partial charge on any atom is 0.151 e. The number of hydrogen-bond acceptors (Lipinski definition) is 5. The largest absolute Gasteiger partial charge is 0.390 e. The molecule has 0 bridgehead atoms. The molecule has 1 aromatic carbocycles. The molecule has 5 heteroatoms. The third-order valence-electron chi connectivity index (χ3n) is 3.75. The fraction of sp³-hybridized carbons (Fsp3) is 0.562. The molecule has 114 valence electrons. The number of nitrogens with zero attached hydrogens (tertiary/aromatic N) is 1. The number of aliphatic hydroxyl groups excluding tert-OH is 1. The van der Waals surface area contributed by atoms with Crippen molar-refractivity contribution in [2.45, 2.75) is 48.7 Å². The van der Waals surface area contributed by atoms with Crippen LogP contribution in [-0.4, -0.2) is 34.7 Å². The number of thioether (sulfide) groups is 1. The van der Waals surface area contributed by atoms with Gasteiger partial charge in [0.2, 0.25) is 0 Å². The summed E-state index contributed by atoms with van der Waals surface area (Å²) in [7, 11) is 0. The second-order valence-corrected chi connectivity index (χ2v) is 7.80. The number of aromatic nitrogens is 1. The third-order valence-corrected chi connectivity index (χ3v) is 6.07. The maximum atomic E-state index is 10.0. The Bertz CT molecular complexity index is 533. The molecule has 0 radical (unpaired) electrons. The van der Waals surface area contributed by atoms with E-state index in [0.717, 1.165) is 22.7 Å². The Morgan fingerprint density at radius 2 is 2.10 bits per heavy atom. The molecular weight excluding hydrogens is 302 g/mol. The first-order valence-corrected chi connectivity index (χ1v) is 9.39. The molecule has 1 aliphatic rings. The normalized spacial score (nSPS) is 18.1. The van der Waals surface area contributed by atoms with Crippen molar-refractivity contribution in [3.05, 3.63) is 24.3 Å². The number of para-hydroxylation sites is 1. The fourth-order valence-electron chi connectivity index (χ4n) is 2.61. The summed E-state index contributed by atoms with van der Waals surface area (Å²) >= 11 is 3.30. The standard InChI is InChI=1S/C16H21NO2S2/c18-12(10-19-13-6-2-1-3-7-13)11-20-16-17-14-8-4-5-9-15(14)21-16/h4-5,8-9,12-13,18H,1-3,6-7,10-11H2. The van der Waals surface area contributed by atoms with Crippen molar-refractivity contribution in [2.75, 3.05) is 12.4 Å². The molecule has 0 spiro atoms. The number of hydrogen-bond donors (Lipinski definition) is 1. The van der Waals surface area contributed by atoms with Gasteiger partial charge in [-0.15, -0.1) is 11.3 Å². The molecule has 0 saturated heterocycles. The summed E-state index contributed by atoms with van der Waals surface area (Å²) in [5.74, 6) is 0.645. The Hall–Kier alpha value is -0.620. The van der Waals surface area contributed by atoms with Crippen LogP contribution in [0.4, 0.5) is 0 Å². The molecule has 1 aliphatic carbocycles. The molecule has 21 heavy (non-hydrogen) atoms. The van der Waals surface area contributed by atoms with E-state index in [9.17, 15) is 5.11 Å². The lowest BCUT2D eigenvalue weighted by Gasteiger charge is -2.23. The van der Waals surface area contributed by atoms with Gasteiger partial charge in [0.1, 0.15) is 0 Å². The molecule has 2 aromatic rings. The van der Waals surface area contributed by atoms with Gasteiger partial charge in [0.25, 0.3) is 0 Å². The zero-order valence-corrected chi connectivity index (χ0v) is 13.7. The molecule has 1 aromatic heterocycles. The summed E-state index contributed by atoms with van der Waals surface area (Å²) in [4.78, 5) is 4.56. The van der Waals surface area contributed by atoms with E-state index in [1.165, 1.54) is 24.0 Å². The van der Waals surface area contributed by atoms with Gasteiger partial charge in [-0.25, -0.2) is 4.98 Å². The van der Waals surface area contributed by atoms with Crippen LogP contribution in [-0.2, 0) is 4.74 Å². The Kier molecular flexibility index (Phi) is 5.52. The topological polar surface area (TPSA) is 42.4 Å². The molecule has 1 saturated carbocycles. The van der Waals surface area contributed by atoms with Crippen molar-refractivity contribution in [1.82, 2.24) is 4.98 Å². The van der Waals surface area contributed by atoms with Gasteiger partial charge in [0, 0.05) is 5.75 Å². The smallest absolute Gasteiger partial charge is 0.151 e. The van der Waals surface area contributed by atoms with Gasteiger partial charge in [-0.1, -0.05) is 43.2 Å². The van der Waals surface area contributed by atoms with Gasteiger partial charge >= 0.3 is 0 Å². The highest BCUT2D eigenvalue weighted by Crippen LogP contribution is 2.29. The van der Waals surface area contributed by atoms with E-state index in [1.54, 1.807) is 23.1 Å². The molecule has 1 heterocycles. The van der Waals surface area contributed by atoms with Crippen molar-refractivity contribution >= 4 is 33.3 Å². The van der Waals surface area contributed by atoms with E-state index in [2.05, 4.69) is 11.1 Å². The first kappa shape index (κ1) is 15.3. The highest BCUT2D eigenvalue weighted by Gasteiger charge is 2.16. The maximum absolute atomic E-state index is 10.0. The van der Waals surface area contributed by atoms with E-state index in [1.807, 2.05) is 18.2 Å². The SMILES string of the molecule is OC(COC1CCCCC1)CSc1nc2ccccc2s1. The highest BCUT2D eigenvalue weighted by molar-refractivity contribution is 8.01. The van der Waals surface area contributed by atoms with Gasteiger partial charge in [-0.2, -0.15) is 0 Å². The number of thiazole rings is 1. The zero-order valence-electron chi connectivity index (χ0n) is 12.0. The summed E-state index contributed by atoms with van der Waals surface area (Å²) in [6.07, 6.45) is 6.11. The van der Waals surface area contributed by atoms with Crippen LogP contribution >= 0.6 is 23.1 Å². The van der Waals surface area contributed by atoms with E-state index in [-0.39, 0.29) is 0 Å². The third kappa shape index (κ3) is 4.42. The first-order chi connectivity index (χ1) is 10.3. The van der Waals surface area contributed by atoms with Crippen molar-refractivity contribution in [3.8, 4) is 0 Å². The van der Waals surface area contributed by atoms with Crippen molar-refractivity contribution in [2.24, 2.45) is 0 Å². The lowest BCUT2D eigenvalue weighted by molar-refractivity contribution is -0.0165. The Morgan fingerprint density at radius 3 is 2.90 bits per heavy atom. The van der Waals surface area contributed by atoms with Gasteiger partial charge in [-0.05, 0) is 25.0 Å². The lowest BCUT2D eigenvalue weighted by Crippen LogP contribution is -2.24. The van der Waals surface area contributed by atoms with Crippen molar-refractivity contribution < 1.29 is 9.84 Å². The number of fused-ring (bicyclic) bond motifs is 1. The average molecular weight is 323 g/mol. The summed E-state index contributed by atoms with van der Waals surface area (Å²) in [6, 6.07) is 8.14. The quantitative estimate of drug-likeness (QED) is 0.813. The summed E-state index contributed by atoms with van der Waals surface area (Å²) in [6.45, 7) is 0.447. The van der Waals surface area contributed by atoms with E-state index < -0.39 is 6.10 Å². The highest BCUT2D eigenvalue weighted by atomic mass is 32.2. The number of benzene rings is 1. The second kappa shape index (κ2) is 7.58. The van der Waals surface area contributed by atoms with E-state index in [0.29, 0.717) is 18.5 Å². The van der Waals surface area contributed by atoms with Crippen molar-refractivity contribution in [1.29, 1.82) is 0 Å². The Morgan fingerprint density at radius 1 is 1.29 bits per heavy atom. The monoisotopic (exact) mass is 323 g/mol. The lowest BCUT2D eigenvalue weighted by atomic mass is 9.98. The van der Waals surface area contributed by atoms with Crippen LogP contribution in [0.3, 0.4) is 0 Å². The van der Waals surface area contributed by atoms with Crippen LogP contribution in [0.1, 0.15) is 32.1 Å². The molecule has 3 rings (SSSR count). The van der Waals surface area contributed by atoms with E-state index in [4.69, 9.17) is 4.74 Å². The van der Waals surface area contributed by atoms with E-state index >= 15 is 0 Å². The molecule has 0 aliphatic heterocycles. The zero-order chi connectivity index (χ0) is 14.5. The minimum Gasteiger partial charge on any atom is -0.390 e. The molecule has 1 atom stereocenters. The van der Waals surface area contributed by atoms with Gasteiger partial charge in [0.05, 0.1) is 29.0 Å². The number of ether oxygens (including phenoxy) is 1. The second-order valence-electron chi connectivity index (χ2n) is 5.51. The molecule has 1 N–H and O–H groups in total. The molecule has 1 fully saturated rings. The number of aliphatic hydroxyl groups is 1. The fourth-order valence-corrected chi connectivity index (χ4v) is 4.61. The van der Waals surface area contributed by atoms with Crippen LogP contribution in [0.25, 0.3) is 10.2 Å². The minimum absolute atomic E-state index is 0.362. The average Bonchev–Trinajstić information content (AvgIpc) is 2.95.